The first-order valence-electron chi connectivity index (χ1n) is 7.26. The highest BCUT2D eigenvalue weighted by Gasteiger charge is 2.20. The fourth-order valence-electron chi connectivity index (χ4n) is 2.20. The average Bonchev–Trinajstić information content (AvgIpc) is 2.48. The molecule has 0 saturated carbocycles. The number of aryl methyl sites for hydroxylation is 2. The van der Waals surface area contributed by atoms with E-state index in [1.807, 2.05) is 11.8 Å². The van der Waals surface area contributed by atoms with Crippen molar-refractivity contribution in [3.8, 4) is 0 Å². The fourth-order valence-corrected chi connectivity index (χ4v) is 3.81. The number of hydrogen-bond acceptors (Lipinski definition) is 2. The number of nitrogens with two attached hydrogens (primary N) is 1. The van der Waals surface area contributed by atoms with Crippen LogP contribution in [-0.2, 0) is 0 Å². The quantitative estimate of drug-likeness (QED) is 0.695. The Bertz CT molecular complexity index is 595. The van der Waals surface area contributed by atoms with Gasteiger partial charge in [0.25, 0.3) is 0 Å². The number of hydrogen-bond donors (Lipinski definition) is 1. The first-order valence-corrected chi connectivity index (χ1v) is 8.93. The van der Waals surface area contributed by atoms with E-state index in [2.05, 4.69) is 79.2 Å². The molecule has 21 heavy (non-hydrogen) atoms. The molecule has 0 bridgehead atoms. The molecular weight excluding hydrogens is 342 g/mol. The minimum Gasteiger partial charge on any atom is -0.326 e. The lowest BCUT2D eigenvalue weighted by atomic mass is 10.0. The molecule has 0 saturated heterocycles. The summed E-state index contributed by atoms with van der Waals surface area (Å²) in [7, 11) is 0. The lowest BCUT2D eigenvalue weighted by molar-refractivity contribution is 0.634. The summed E-state index contributed by atoms with van der Waals surface area (Å²) in [5, 5.41) is 0.283. The molecule has 0 fully saturated rings. The summed E-state index contributed by atoms with van der Waals surface area (Å²) in [4.78, 5) is 1.29. The molecule has 2 N–H and O–H groups in total. The van der Waals surface area contributed by atoms with Crippen molar-refractivity contribution >= 4 is 27.7 Å². The van der Waals surface area contributed by atoms with Gasteiger partial charge in [0, 0.05) is 20.7 Å². The Kier molecular flexibility index (Phi) is 5.91. The second kappa shape index (κ2) is 7.48. The Morgan fingerprint density at radius 2 is 1.71 bits per heavy atom. The Balaban J connectivity index is 2.28. The molecule has 1 nitrogen and oxygen atoms in total. The van der Waals surface area contributed by atoms with Crippen LogP contribution in [0.3, 0.4) is 0 Å². The summed E-state index contributed by atoms with van der Waals surface area (Å²) in [5.41, 5.74) is 10.3. The topological polar surface area (TPSA) is 26.0 Å². The predicted octanol–water partition coefficient (Wildman–Crippen LogP) is 5.64. The van der Waals surface area contributed by atoms with E-state index in [4.69, 9.17) is 5.73 Å². The SMILES string of the molecule is CCC(N)C(Sc1ccc(C)c(C)c1)c1ccc(Br)cc1. The molecule has 3 heteroatoms. The molecule has 112 valence electrons. The summed E-state index contributed by atoms with van der Waals surface area (Å²) in [6.45, 7) is 6.46. The second-order valence-electron chi connectivity index (χ2n) is 5.41. The summed E-state index contributed by atoms with van der Waals surface area (Å²) < 4.78 is 1.10. The molecule has 0 radical (unpaired) electrons. The average molecular weight is 364 g/mol. The maximum absolute atomic E-state index is 6.37. The van der Waals surface area contributed by atoms with Crippen LogP contribution in [0.25, 0.3) is 0 Å². The molecule has 2 atom stereocenters. The molecule has 0 aliphatic carbocycles. The monoisotopic (exact) mass is 363 g/mol. The van der Waals surface area contributed by atoms with Crippen molar-refractivity contribution in [3.05, 3.63) is 63.6 Å². The molecule has 2 rings (SSSR count). The first kappa shape index (κ1) is 16.6. The van der Waals surface area contributed by atoms with Crippen molar-refractivity contribution in [2.24, 2.45) is 5.73 Å². The standard InChI is InChI=1S/C18H22BrNS/c1-4-17(20)18(14-6-8-15(19)9-7-14)21-16-10-5-12(2)13(3)11-16/h5-11,17-18H,4,20H2,1-3H3. The minimum absolute atomic E-state index is 0.151. The van der Waals surface area contributed by atoms with Crippen molar-refractivity contribution in [3.63, 3.8) is 0 Å². The molecule has 2 aromatic carbocycles. The number of thioether (sulfide) groups is 1. The van der Waals surface area contributed by atoms with E-state index in [1.54, 1.807) is 0 Å². The van der Waals surface area contributed by atoms with Crippen molar-refractivity contribution in [2.45, 2.75) is 43.4 Å². The highest BCUT2D eigenvalue weighted by atomic mass is 79.9. The lowest BCUT2D eigenvalue weighted by Gasteiger charge is -2.23. The Labute approximate surface area is 140 Å². The van der Waals surface area contributed by atoms with Gasteiger partial charge in [0.05, 0.1) is 0 Å². The van der Waals surface area contributed by atoms with Gasteiger partial charge in [-0.05, 0) is 61.2 Å². The molecule has 0 spiro atoms. The molecule has 2 aromatic rings. The van der Waals surface area contributed by atoms with Gasteiger partial charge >= 0.3 is 0 Å². The highest BCUT2D eigenvalue weighted by molar-refractivity contribution is 9.10. The largest absolute Gasteiger partial charge is 0.326 e. The predicted molar refractivity (Wildman–Crippen MR) is 96.9 cm³/mol. The fraction of sp³-hybridized carbons (Fsp3) is 0.333. The van der Waals surface area contributed by atoms with Crippen LogP contribution in [0.5, 0.6) is 0 Å². The van der Waals surface area contributed by atoms with Crippen LogP contribution in [0.4, 0.5) is 0 Å². The molecular formula is C18H22BrNS. The van der Waals surface area contributed by atoms with Crippen LogP contribution in [-0.4, -0.2) is 6.04 Å². The third kappa shape index (κ3) is 4.35. The van der Waals surface area contributed by atoms with Gasteiger partial charge < -0.3 is 5.73 Å². The van der Waals surface area contributed by atoms with Crippen LogP contribution < -0.4 is 5.73 Å². The number of rotatable bonds is 5. The van der Waals surface area contributed by atoms with Crippen LogP contribution in [0, 0.1) is 13.8 Å². The van der Waals surface area contributed by atoms with Crippen LogP contribution in [0.2, 0.25) is 0 Å². The lowest BCUT2D eigenvalue weighted by Crippen LogP contribution is -2.25. The van der Waals surface area contributed by atoms with Crippen LogP contribution in [0.15, 0.2) is 51.8 Å². The van der Waals surface area contributed by atoms with E-state index in [-0.39, 0.29) is 11.3 Å². The van der Waals surface area contributed by atoms with Crippen molar-refractivity contribution in [1.29, 1.82) is 0 Å². The second-order valence-corrected chi connectivity index (χ2v) is 7.54. The van der Waals surface area contributed by atoms with E-state index in [9.17, 15) is 0 Å². The zero-order valence-electron chi connectivity index (χ0n) is 12.8. The van der Waals surface area contributed by atoms with Crippen LogP contribution >= 0.6 is 27.7 Å². The van der Waals surface area contributed by atoms with E-state index >= 15 is 0 Å². The van der Waals surface area contributed by atoms with Crippen molar-refractivity contribution < 1.29 is 0 Å². The smallest absolute Gasteiger partial charge is 0.0495 e. The van der Waals surface area contributed by atoms with Gasteiger partial charge in [-0.15, -0.1) is 11.8 Å². The van der Waals surface area contributed by atoms with E-state index in [1.165, 1.54) is 21.6 Å². The summed E-state index contributed by atoms with van der Waals surface area (Å²) in [5.74, 6) is 0. The third-order valence-electron chi connectivity index (χ3n) is 3.80. The summed E-state index contributed by atoms with van der Waals surface area (Å²) in [6.07, 6.45) is 0.971. The van der Waals surface area contributed by atoms with E-state index in [0.717, 1.165) is 10.9 Å². The minimum atomic E-state index is 0.151. The van der Waals surface area contributed by atoms with Crippen LogP contribution in [0.1, 0.15) is 35.3 Å². The van der Waals surface area contributed by atoms with Gasteiger partial charge in [-0.1, -0.05) is 41.1 Å². The molecule has 0 aliphatic rings. The van der Waals surface area contributed by atoms with Gasteiger partial charge in [-0.25, -0.2) is 0 Å². The number of benzene rings is 2. The molecule has 2 unspecified atom stereocenters. The molecule has 0 aromatic heterocycles. The van der Waals surface area contributed by atoms with Gasteiger partial charge in [0.1, 0.15) is 0 Å². The maximum Gasteiger partial charge on any atom is 0.0495 e. The van der Waals surface area contributed by atoms with Gasteiger partial charge in [-0.3, -0.25) is 0 Å². The van der Waals surface area contributed by atoms with Gasteiger partial charge in [0.2, 0.25) is 0 Å². The summed E-state index contributed by atoms with van der Waals surface area (Å²) in [6, 6.07) is 15.3. The van der Waals surface area contributed by atoms with E-state index < -0.39 is 0 Å². The Hall–Kier alpha value is -0.770. The highest BCUT2D eigenvalue weighted by Crippen LogP contribution is 2.39. The van der Waals surface area contributed by atoms with Gasteiger partial charge in [0.15, 0.2) is 0 Å². The first-order chi connectivity index (χ1) is 10.0. The maximum atomic E-state index is 6.37. The van der Waals surface area contributed by atoms with Gasteiger partial charge in [-0.2, -0.15) is 0 Å². The number of halogens is 1. The zero-order chi connectivity index (χ0) is 15.4. The van der Waals surface area contributed by atoms with Crippen molar-refractivity contribution in [2.75, 3.05) is 0 Å². The molecule has 0 heterocycles. The normalized spacial score (nSPS) is 14.0. The Morgan fingerprint density at radius 3 is 2.29 bits per heavy atom. The zero-order valence-corrected chi connectivity index (χ0v) is 15.2. The molecule has 0 amide bonds. The third-order valence-corrected chi connectivity index (χ3v) is 5.73. The summed E-state index contributed by atoms with van der Waals surface area (Å²) >= 11 is 5.36. The van der Waals surface area contributed by atoms with Crippen molar-refractivity contribution in [1.82, 2.24) is 0 Å². The van der Waals surface area contributed by atoms with E-state index in [0.29, 0.717) is 0 Å². The Morgan fingerprint density at radius 1 is 1.05 bits per heavy atom. The molecule has 0 aliphatic heterocycles.